The van der Waals surface area contributed by atoms with E-state index in [0.29, 0.717) is 17.1 Å². The van der Waals surface area contributed by atoms with Crippen molar-refractivity contribution < 1.29 is 19.1 Å². The van der Waals surface area contributed by atoms with Gasteiger partial charge < -0.3 is 20.2 Å². The van der Waals surface area contributed by atoms with Crippen molar-refractivity contribution in [2.24, 2.45) is 5.73 Å². The van der Waals surface area contributed by atoms with Crippen LogP contribution in [0.2, 0.25) is 0 Å². The molecule has 1 aromatic heterocycles. The van der Waals surface area contributed by atoms with Crippen LogP contribution in [0.15, 0.2) is 54.4 Å². The lowest BCUT2D eigenvalue weighted by Gasteiger charge is -2.04. The molecular formula is C19H14N2O4. The van der Waals surface area contributed by atoms with Gasteiger partial charge in [-0.3, -0.25) is 9.59 Å². The third-order valence-corrected chi connectivity index (χ3v) is 3.93. The van der Waals surface area contributed by atoms with Crippen molar-refractivity contribution in [3.05, 3.63) is 65.5 Å². The number of hydrogen-bond acceptors (Lipinski definition) is 4. The summed E-state index contributed by atoms with van der Waals surface area (Å²) in [5, 5.41) is 1.01. The number of rotatable bonds is 4. The fraction of sp³-hybridized carbons (Fsp3) is 0.0526. The van der Waals surface area contributed by atoms with Crippen molar-refractivity contribution in [1.29, 1.82) is 0 Å². The number of ether oxygens (including phenoxy) is 2. The van der Waals surface area contributed by atoms with Gasteiger partial charge in [-0.2, -0.15) is 0 Å². The maximum atomic E-state index is 12.5. The number of amides is 1. The normalized spacial score (nSPS) is 14.6. The van der Waals surface area contributed by atoms with Crippen LogP contribution in [0.1, 0.15) is 15.9 Å². The summed E-state index contributed by atoms with van der Waals surface area (Å²) >= 11 is 0. The second-order valence-corrected chi connectivity index (χ2v) is 5.64. The van der Waals surface area contributed by atoms with Crippen molar-refractivity contribution in [2.75, 3.05) is 6.61 Å². The first kappa shape index (κ1) is 15.0. The van der Waals surface area contributed by atoms with E-state index in [-0.39, 0.29) is 18.1 Å². The predicted octanol–water partition coefficient (Wildman–Crippen LogP) is 2.65. The summed E-state index contributed by atoms with van der Waals surface area (Å²) in [7, 11) is 0. The Morgan fingerprint density at radius 1 is 1.24 bits per heavy atom. The van der Waals surface area contributed by atoms with Crippen molar-refractivity contribution in [2.45, 2.75) is 0 Å². The highest BCUT2D eigenvalue weighted by molar-refractivity contribution is 6.15. The molecule has 0 radical (unpaired) electrons. The van der Waals surface area contributed by atoms with Gasteiger partial charge in [0.2, 0.25) is 5.78 Å². The average Bonchev–Trinajstić information content (AvgIpc) is 3.15. The molecule has 3 aromatic rings. The number of aromatic nitrogens is 1. The lowest BCUT2D eigenvalue weighted by atomic mass is 10.1. The zero-order valence-electron chi connectivity index (χ0n) is 13.1. The summed E-state index contributed by atoms with van der Waals surface area (Å²) in [5.41, 5.74) is 7.37. The zero-order valence-corrected chi connectivity index (χ0v) is 13.1. The van der Waals surface area contributed by atoms with E-state index in [1.165, 1.54) is 0 Å². The molecule has 2 heterocycles. The number of Topliss-reactive ketones (excluding diaryl/α,β-unsaturated/α-hetero) is 1. The first-order valence-corrected chi connectivity index (χ1v) is 7.67. The number of nitrogens with one attached hydrogen (secondary N) is 1. The van der Waals surface area contributed by atoms with Gasteiger partial charge in [0.15, 0.2) is 12.4 Å². The molecule has 6 nitrogen and oxygen atoms in total. The molecule has 124 valence electrons. The van der Waals surface area contributed by atoms with Crippen LogP contribution in [0.3, 0.4) is 0 Å². The van der Waals surface area contributed by atoms with Crippen LogP contribution in [0, 0.1) is 0 Å². The molecule has 1 aliphatic rings. The molecule has 6 heteroatoms. The monoisotopic (exact) mass is 334 g/mol. The van der Waals surface area contributed by atoms with E-state index in [1.54, 1.807) is 24.3 Å². The minimum Gasteiger partial charge on any atom is -0.484 e. The lowest BCUT2D eigenvalue weighted by molar-refractivity contribution is -0.119. The van der Waals surface area contributed by atoms with Gasteiger partial charge in [0.25, 0.3) is 5.91 Å². The maximum Gasteiger partial charge on any atom is 0.255 e. The van der Waals surface area contributed by atoms with E-state index < -0.39 is 5.91 Å². The predicted molar refractivity (Wildman–Crippen MR) is 92.4 cm³/mol. The number of para-hydroxylation sites is 1. The van der Waals surface area contributed by atoms with E-state index in [4.69, 9.17) is 15.2 Å². The second-order valence-electron chi connectivity index (χ2n) is 5.64. The zero-order chi connectivity index (χ0) is 17.4. The number of H-pyrrole nitrogens is 1. The molecule has 2 aromatic carbocycles. The first-order valence-electron chi connectivity index (χ1n) is 7.67. The molecule has 1 amide bonds. The highest BCUT2D eigenvalue weighted by Crippen LogP contribution is 2.35. The molecule has 0 fully saturated rings. The van der Waals surface area contributed by atoms with E-state index in [2.05, 4.69) is 4.98 Å². The number of allylic oxidation sites excluding steroid dienone is 1. The summed E-state index contributed by atoms with van der Waals surface area (Å²) in [6, 6.07) is 12.6. The number of carbonyl (C=O) groups is 2. The first-order chi connectivity index (χ1) is 12.1. The number of hydrogen-bond donors (Lipinski definition) is 2. The van der Waals surface area contributed by atoms with Gasteiger partial charge in [-0.15, -0.1) is 0 Å². The van der Waals surface area contributed by atoms with Crippen LogP contribution in [0.25, 0.3) is 17.0 Å². The molecule has 0 saturated carbocycles. The number of ketones is 1. The fourth-order valence-electron chi connectivity index (χ4n) is 2.77. The Morgan fingerprint density at radius 3 is 2.92 bits per heavy atom. The SMILES string of the molecule is NC(=O)COc1ccc2c(c1)O/C(=C\c1c[nH]c3ccccc13)C2=O. The van der Waals surface area contributed by atoms with Crippen LogP contribution >= 0.6 is 0 Å². The lowest BCUT2D eigenvalue weighted by Crippen LogP contribution is -2.19. The van der Waals surface area contributed by atoms with Gasteiger partial charge in [0.1, 0.15) is 11.5 Å². The van der Waals surface area contributed by atoms with Gasteiger partial charge >= 0.3 is 0 Å². The molecule has 25 heavy (non-hydrogen) atoms. The smallest absolute Gasteiger partial charge is 0.255 e. The molecule has 3 N–H and O–H groups in total. The van der Waals surface area contributed by atoms with Crippen LogP contribution < -0.4 is 15.2 Å². The van der Waals surface area contributed by atoms with E-state index in [1.807, 2.05) is 30.5 Å². The Labute approximate surface area is 142 Å². The van der Waals surface area contributed by atoms with Crippen LogP contribution in [0.5, 0.6) is 11.5 Å². The Kier molecular flexibility index (Phi) is 3.50. The summed E-state index contributed by atoms with van der Waals surface area (Å²) in [4.78, 5) is 26.5. The van der Waals surface area contributed by atoms with Gasteiger partial charge in [-0.05, 0) is 24.3 Å². The second kappa shape index (κ2) is 5.83. The van der Waals surface area contributed by atoms with Gasteiger partial charge in [-0.1, -0.05) is 18.2 Å². The van der Waals surface area contributed by atoms with Crippen LogP contribution in [0.4, 0.5) is 0 Å². The summed E-state index contributed by atoms with van der Waals surface area (Å²) in [6.45, 7) is -0.231. The standard InChI is InChI=1S/C19H14N2O4/c20-18(22)10-24-12-5-6-14-16(8-12)25-17(19(14)23)7-11-9-21-15-4-2-1-3-13(11)15/h1-9,21H,10H2,(H2,20,22)/b17-7-. The average molecular weight is 334 g/mol. The number of fused-ring (bicyclic) bond motifs is 2. The number of aromatic amines is 1. The third-order valence-electron chi connectivity index (χ3n) is 3.93. The number of primary amides is 1. The molecular weight excluding hydrogens is 320 g/mol. The van der Waals surface area contributed by atoms with Gasteiger partial charge in [0.05, 0.1) is 5.56 Å². The van der Waals surface area contributed by atoms with Gasteiger partial charge in [-0.25, -0.2) is 0 Å². The summed E-state index contributed by atoms with van der Waals surface area (Å²) in [6.07, 6.45) is 3.55. The number of nitrogens with two attached hydrogens (primary N) is 1. The Hall–Kier alpha value is -3.54. The quantitative estimate of drug-likeness (QED) is 0.717. The molecule has 0 saturated heterocycles. The fourth-order valence-corrected chi connectivity index (χ4v) is 2.77. The number of benzene rings is 2. The Bertz CT molecular complexity index is 1030. The van der Waals surface area contributed by atoms with Crippen molar-refractivity contribution in [3.63, 3.8) is 0 Å². The van der Waals surface area contributed by atoms with Gasteiger partial charge in [0, 0.05) is 28.7 Å². The molecule has 0 unspecified atom stereocenters. The minimum atomic E-state index is -0.572. The van der Waals surface area contributed by atoms with E-state index in [9.17, 15) is 9.59 Å². The van der Waals surface area contributed by atoms with Crippen LogP contribution in [-0.2, 0) is 4.79 Å². The molecule has 4 rings (SSSR count). The van der Waals surface area contributed by atoms with Crippen molar-refractivity contribution >= 4 is 28.7 Å². The highest BCUT2D eigenvalue weighted by Gasteiger charge is 2.28. The molecule has 0 atom stereocenters. The van der Waals surface area contributed by atoms with Crippen molar-refractivity contribution in [3.8, 4) is 11.5 Å². The minimum absolute atomic E-state index is 0.193. The maximum absolute atomic E-state index is 12.5. The summed E-state index contributed by atoms with van der Waals surface area (Å²) in [5.74, 6) is 0.294. The van der Waals surface area contributed by atoms with Crippen molar-refractivity contribution in [1.82, 2.24) is 4.98 Å². The third kappa shape index (κ3) is 2.74. The Morgan fingerprint density at radius 2 is 2.08 bits per heavy atom. The molecule has 0 aliphatic carbocycles. The molecule has 1 aliphatic heterocycles. The molecule has 0 bridgehead atoms. The Balaban J connectivity index is 1.64. The topological polar surface area (TPSA) is 94.4 Å². The summed E-state index contributed by atoms with van der Waals surface area (Å²) < 4.78 is 10.9. The van der Waals surface area contributed by atoms with E-state index in [0.717, 1.165) is 16.5 Å². The largest absolute Gasteiger partial charge is 0.484 e. The van der Waals surface area contributed by atoms with E-state index >= 15 is 0 Å². The number of carbonyl (C=O) groups excluding carboxylic acids is 2. The molecule has 0 spiro atoms. The van der Waals surface area contributed by atoms with Crippen LogP contribution in [-0.4, -0.2) is 23.3 Å². The highest BCUT2D eigenvalue weighted by atomic mass is 16.5.